The van der Waals surface area contributed by atoms with E-state index >= 15 is 0 Å². The van der Waals surface area contributed by atoms with E-state index in [2.05, 4.69) is 17.6 Å². The number of nitrogens with one attached hydrogen (secondary N) is 2. The van der Waals surface area contributed by atoms with Crippen LogP contribution in [0.1, 0.15) is 30.0 Å². The van der Waals surface area contributed by atoms with Gasteiger partial charge in [0, 0.05) is 12.2 Å². The maximum Gasteiger partial charge on any atom is 0.228 e. The minimum Gasteiger partial charge on any atom is -0.493 e. The molecule has 6 heteroatoms. The number of hydrogen-bond acceptors (Lipinski definition) is 4. The number of carbonyl (C=O) groups is 2. The molecule has 1 fully saturated rings. The minimum atomic E-state index is -0.274. The van der Waals surface area contributed by atoms with Crippen molar-refractivity contribution in [3.8, 4) is 11.5 Å². The highest BCUT2D eigenvalue weighted by atomic mass is 16.5. The lowest BCUT2D eigenvalue weighted by atomic mass is 10.1. The first-order valence-corrected chi connectivity index (χ1v) is 9.86. The first-order chi connectivity index (χ1) is 14.0. The molecule has 6 nitrogen and oxygen atoms in total. The summed E-state index contributed by atoms with van der Waals surface area (Å²) in [6.45, 7) is 4.42. The zero-order valence-electron chi connectivity index (χ0n) is 17.4. The highest BCUT2D eigenvalue weighted by Crippen LogP contribution is 2.40. The van der Waals surface area contributed by atoms with Gasteiger partial charge in [-0.1, -0.05) is 31.2 Å². The highest BCUT2D eigenvalue weighted by Gasteiger charge is 2.48. The number of benzene rings is 2. The average molecular weight is 396 g/mol. The van der Waals surface area contributed by atoms with E-state index in [1.165, 1.54) is 0 Å². The summed E-state index contributed by atoms with van der Waals surface area (Å²) in [6.07, 6.45) is 1.42. The average Bonchev–Trinajstić information content (AvgIpc) is 3.54. The molecule has 0 aromatic heterocycles. The molecule has 0 spiro atoms. The van der Waals surface area contributed by atoms with E-state index in [0.29, 0.717) is 24.5 Å². The standard InChI is InChI=1S/C23H28N2O4/c1-5-16-8-6-7-14(2)21(16)25-23(27)18-12-17(18)22(26)24-13-15-9-10-19(28-3)20(11-15)29-4/h6-11,17-18H,5,12-13H2,1-4H3,(H,24,26)(H,25,27). The molecule has 0 radical (unpaired) electrons. The Morgan fingerprint density at radius 1 is 1.03 bits per heavy atom. The van der Waals surface area contributed by atoms with Gasteiger partial charge in [-0.05, 0) is 48.6 Å². The number of para-hydroxylation sites is 1. The van der Waals surface area contributed by atoms with E-state index in [1.54, 1.807) is 20.3 Å². The van der Waals surface area contributed by atoms with Gasteiger partial charge in [-0.25, -0.2) is 0 Å². The molecule has 1 saturated carbocycles. The van der Waals surface area contributed by atoms with Crippen molar-refractivity contribution in [1.29, 1.82) is 0 Å². The van der Waals surface area contributed by atoms with Crippen LogP contribution in [-0.4, -0.2) is 26.0 Å². The van der Waals surface area contributed by atoms with Crippen LogP contribution in [-0.2, 0) is 22.6 Å². The number of carbonyl (C=O) groups excluding carboxylic acids is 2. The van der Waals surface area contributed by atoms with E-state index in [1.807, 2.05) is 37.3 Å². The Hall–Kier alpha value is -3.02. The normalized spacial score (nSPS) is 17.4. The van der Waals surface area contributed by atoms with Crippen molar-refractivity contribution >= 4 is 17.5 Å². The molecule has 0 saturated heterocycles. The van der Waals surface area contributed by atoms with Crippen LogP contribution in [0.5, 0.6) is 11.5 Å². The summed E-state index contributed by atoms with van der Waals surface area (Å²) in [5.74, 6) is 0.534. The van der Waals surface area contributed by atoms with Crippen molar-refractivity contribution in [2.75, 3.05) is 19.5 Å². The Morgan fingerprint density at radius 3 is 2.45 bits per heavy atom. The van der Waals surface area contributed by atoms with Gasteiger partial charge in [-0.3, -0.25) is 9.59 Å². The topological polar surface area (TPSA) is 76.7 Å². The van der Waals surface area contributed by atoms with Gasteiger partial charge in [0.25, 0.3) is 0 Å². The fourth-order valence-corrected chi connectivity index (χ4v) is 3.50. The van der Waals surface area contributed by atoms with Gasteiger partial charge in [0.05, 0.1) is 26.1 Å². The summed E-state index contributed by atoms with van der Waals surface area (Å²) in [5.41, 5.74) is 3.92. The van der Waals surface area contributed by atoms with E-state index in [9.17, 15) is 9.59 Å². The predicted octanol–water partition coefficient (Wildman–Crippen LogP) is 3.47. The second-order valence-electron chi connectivity index (χ2n) is 7.31. The van der Waals surface area contributed by atoms with Crippen LogP contribution in [0.15, 0.2) is 36.4 Å². The van der Waals surface area contributed by atoms with Crippen molar-refractivity contribution in [3.63, 3.8) is 0 Å². The quantitative estimate of drug-likeness (QED) is 0.716. The minimum absolute atomic E-state index is 0.0831. The third-order valence-electron chi connectivity index (χ3n) is 5.37. The number of methoxy groups -OCH3 is 2. The van der Waals surface area contributed by atoms with Crippen molar-refractivity contribution in [3.05, 3.63) is 53.1 Å². The summed E-state index contributed by atoms with van der Waals surface area (Å²) in [5, 5.41) is 5.95. The van der Waals surface area contributed by atoms with Crippen molar-refractivity contribution in [1.82, 2.24) is 5.32 Å². The molecule has 3 rings (SSSR count). The van der Waals surface area contributed by atoms with Gasteiger partial charge in [-0.2, -0.15) is 0 Å². The van der Waals surface area contributed by atoms with Crippen molar-refractivity contribution < 1.29 is 19.1 Å². The van der Waals surface area contributed by atoms with E-state index in [-0.39, 0.29) is 23.7 Å². The van der Waals surface area contributed by atoms with Crippen LogP contribution in [0.25, 0.3) is 0 Å². The number of ether oxygens (including phenoxy) is 2. The number of hydrogen-bond donors (Lipinski definition) is 2. The molecule has 2 atom stereocenters. The molecule has 2 N–H and O–H groups in total. The van der Waals surface area contributed by atoms with Gasteiger partial charge in [0.2, 0.25) is 11.8 Å². The van der Waals surface area contributed by atoms with Crippen LogP contribution >= 0.6 is 0 Å². The molecule has 2 aromatic rings. The third-order valence-corrected chi connectivity index (χ3v) is 5.37. The van der Waals surface area contributed by atoms with Crippen LogP contribution in [0.2, 0.25) is 0 Å². The molecule has 1 aliphatic carbocycles. The largest absolute Gasteiger partial charge is 0.493 e. The molecule has 29 heavy (non-hydrogen) atoms. The van der Waals surface area contributed by atoms with E-state index in [0.717, 1.165) is 28.8 Å². The summed E-state index contributed by atoms with van der Waals surface area (Å²) in [7, 11) is 3.16. The number of rotatable bonds is 8. The Balaban J connectivity index is 1.55. The lowest BCUT2D eigenvalue weighted by molar-refractivity contribution is -0.125. The molecular weight excluding hydrogens is 368 g/mol. The smallest absolute Gasteiger partial charge is 0.228 e. The van der Waals surface area contributed by atoms with Gasteiger partial charge in [-0.15, -0.1) is 0 Å². The van der Waals surface area contributed by atoms with Crippen LogP contribution in [0, 0.1) is 18.8 Å². The predicted molar refractivity (Wildman–Crippen MR) is 112 cm³/mol. The Kier molecular flexibility index (Phi) is 6.42. The molecule has 1 aliphatic rings. The van der Waals surface area contributed by atoms with Crippen molar-refractivity contribution in [2.24, 2.45) is 11.8 Å². The Morgan fingerprint density at radius 2 is 1.76 bits per heavy atom. The first kappa shape index (κ1) is 20.7. The van der Waals surface area contributed by atoms with Crippen LogP contribution in [0.3, 0.4) is 0 Å². The van der Waals surface area contributed by atoms with E-state index < -0.39 is 0 Å². The van der Waals surface area contributed by atoms with E-state index in [4.69, 9.17) is 9.47 Å². The monoisotopic (exact) mass is 396 g/mol. The lowest BCUT2D eigenvalue weighted by Crippen LogP contribution is -2.27. The lowest BCUT2D eigenvalue weighted by Gasteiger charge is -2.13. The SMILES string of the molecule is CCc1cccc(C)c1NC(=O)C1CC1C(=O)NCc1ccc(OC)c(OC)c1. The molecule has 2 unspecified atom stereocenters. The van der Waals surface area contributed by atoms with Gasteiger partial charge < -0.3 is 20.1 Å². The number of aryl methyl sites for hydroxylation is 2. The first-order valence-electron chi connectivity index (χ1n) is 9.86. The molecule has 0 bridgehead atoms. The molecule has 2 aromatic carbocycles. The highest BCUT2D eigenvalue weighted by molar-refractivity contribution is 6.00. The maximum absolute atomic E-state index is 12.6. The Bertz CT molecular complexity index is 910. The van der Waals surface area contributed by atoms with Crippen molar-refractivity contribution in [2.45, 2.75) is 33.2 Å². The molecule has 0 aliphatic heterocycles. The second-order valence-corrected chi connectivity index (χ2v) is 7.31. The van der Waals surface area contributed by atoms with Gasteiger partial charge in [0.1, 0.15) is 0 Å². The number of anilines is 1. The summed E-state index contributed by atoms with van der Waals surface area (Å²) >= 11 is 0. The molecule has 0 heterocycles. The zero-order chi connectivity index (χ0) is 21.0. The molecule has 2 amide bonds. The second kappa shape index (κ2) is 8.99. The summed E-state index contributed by atoms with van der Waals surface area (Å²) in [4.78, 5) is 25.1. The zero-order valence-corrected chi connectivity index (χ0v) is 17.4. The summed E-state index contributed by atoms with van der Waals surface area (Å²) in [6, 6.07) is 11.5. The third kappa shape index (κ3) is 4.70. The van der Waals surface area contributed by atoms with Crippen LogP contribution in [0.4, 0.5) is 5.69 Å². The van der Waals surface area contributed by atoms with Gasteiger partial charge >= 0.3 is 0 Å². The van der Waals surface area contributed by atoms with Gasteiger partial charge in [0.15, 0.2) is 11.5 Å². The van der Waals surface area contributed by atoms with Crippen LogP contribution < -0.4 is 20.1 Å². The molecular formula is C23H28N2O4. The fourth-order valence-electron chi connectivity index (χ4n) is 3.50. The fraction of sp³-hybridized carbons (Fsp3) is 0.391. The summed E-state index contributed by atoms with van der Waals surface area (Å²) < 4.78 is 10.5. The maximum atomic E-state index is 12.6. The number of amides is 2. The Labute approximate surface area is 171 Å². The molecule has 154 valence electrons.